The van der Waals surface area contributed by atoms with Crippen LogP contribution in [0.5, 0.6) is 0 Å². The van der Waals surface area contributed by atoms with Crippen molar-refractivity contribution in [1.82, 2.24) is 9.55 Å². The molecule has 0 saturated heterocycles. The molecule has 3 aromatic rings. The van der Waals surface area contributed by atoms with E-state index in [9.17, 15) is 13.2 Å². The van der Waals surface area contributed by atoms with Gasteiger partial charge in [0.25, 0.3) is 0 Å². The van der Waals surface area contributed by atoms with Gasteiger partial charge >= 0.3 is 6.18 Å². The average Bonchev–Trinajstić information content (AvgIpc) is 2.85. The molecule has 0 aliphatic rings. The van der Waals surface area contributed by atoms with Crippen molar-refractivity contribution in [2.24, 2.45) is 0 Å². The van der Waals surface area contributed by atoms with E-state index in [1.807, 2.05) is 49.6 Å². The lowest BCUT2D eigenvalue weighted by Gasteiger charge is -2.13. The summed E-state index contributed by atoms with van der Waals surface area (Å²) in [4.78, 5) is 4.47. The molecule has 0 aliphatic carbocycles. The number of fused-ring (bicyclic) bond motifs is 1. The highest BCUT2D eigenvalue weighted by molar-refractivity contribution is 5.81. The third-order valence-electron chi connectivity index (χ3n) is 3.84. The van der Waals surface area contributed by atoms with Gasteiger partial charge in [-0.15, -0.1) is 0 Å². The maximum Gasteiger partial charge on any atom is 0.416 e. The highest BCUT2D eigenvalue weighted by Crippen LogP contribution is 2.34. The molecule has 3 rings (SSSR count). The summed E-state index contributed by atoms with van der Waals surface area (Å²) in [5.74, 6) is 0.689. The standard InChI is InChI=1S/C18H17F3N2/c1-11(2)23-16-9-8-14(18(19,20)21)10-15(16)22-17(23)13-6-4-12(3)5-7-13/h4-11H,1-3H3. The van der Waals surface area contributed by atoms with Crippen molar-refractivity contribution < 1.29 is 13.2 Å². The second-order valence-corrected chi connectivity index (χ2v) is 5.97. The molecule has 0 fully saturated rings. The lowest BCUT2D eigenvalue weighted by molar-refractivity contribution is -0.137. The lowest BCUT2D eigenvalue weighted by Crippen LogP contribution is -2.05. The number of benzene rings is 2. The third-order valence-corrected chi connectivity index (χ3v) is 3.84. The van der Waals surface area contributed by atoms with Gasteiger partial charge in [-0.2, -0.15) is 13.2 Å². The van der Waals surface area contributed by atoms with Crippen molar-refractivity contribution in [2.45, 2.75) is 33.0 Å². The molecule has 0 N–H and O–H groups in total. The number of hydrogen-bond donors (Lipinski definition) is 0. The smallest absolute Gasteiger partial charge is 0.321 e. The molecule has 1 heterocycles. The molecule has 120 valence electrons. The molecule has 1 aromatic heterocycles. The van der Waals surface area contributed by atoms with Crippen molar-refractivity contribution in [1.29, 1.82) is 0 Å². The Morgan fingerprint density at radius 2 is 1.65 bits per heavy atom. The van der Waals surface area contributed by atoms with Crippen molar-refractivity contribution in [2.75, 3.05) is 0 Å². The molecule has 5 heteroatoms. The minimum Gasteiger partial charge on any atom is -0.321 e. The second-order valence-electron chi connectivity index (χ2n) is 5.97. The normalized spacial score (nSPS) is 12.3. The first-order valence-electron chi connectivity index (χ1n) is 7.43. The van der Waals surface area contributed by atoms with Gasteiger partial charge in [-0.3, -0.25) is 0 Å². The maximum absolute atomic E-state index is 12.9. The summed E-state index contributed by atoms with van der Waals surface area (Å²) < 4.78 is 40.7. The molecule has 2 aromatic carbocycles. The van der Waals surface area contributed by atoms with Crippen molar-refractivity contribution in [3.63, 3.8) is 0 Å². The van der Waals surface area contributed by atoms with Crippen LogP contribution in [0.15, 0.2) is 42.5 Å². The first kappa shape index (κ1) is 15.6. The van der Waals surface area contributed by atoms with E-state index in [1.54, 1.807) is 0 Å². The van der Waals surface area contributed by atoms with Gasteiger partial charge in [0.05, 0.1) is 16.6 Å². The van der Waals surface area contributed by atoms with Crippen LogP contribution in [0, 0.1) is 6.92 Å². The van der Waals surface area contributed by atoms with E-state index in [-0.39, 0.29) is 6.04 Å². The average molecular weight is 318 g/mol. The number of nitrogens with zero attached hydrogens (tertiary/aromatic N) is 2. The third kappa shape index (κ3) is 2.83. The molecule has 23 heavy (non-hydrogen) atoms. The Bertz CT molecular complexity index is 843. The molecule has 0 amide bonds. The maximum atomic E-state index is 12.9. The van der Waals surface area contributed by atoms with Gasteiger partial charge in [0.15, 0.2) is 0 Å². The molecule has 0 aliphatic heterocycles. The molecule has 0 unspecified atom stereocenters. The van der Waals surface area contributed by atoms with Gasteiger partial charge in [-0.05, 0) is 39.0 Å². The zero-order valence-electron chi connectivity index (χ0n) is 13.1. The summed E-state index contributed by atoms with van der Waals surface area (Å²) in [5, 5.41) is 0. The number of rotatable bonds is 2. The van der Waals surface area contributed by atoms with E-state index in [4.69, 9.17) is 0 Å². The largest absolute Gasteiger partial charge is 0.416 e. The number of alkyl halides is 3. The summed E-state index contributed by atoms with van der Waals surface area (Å²) in [7, 11) is 0. The van der Waals surface area contributed by atoms with Crippen LogP contribution in [0.2, 0.25) is 0 Å². The monoisotopic (exact) mass is 318 g/mol. The Morgan fingerprint density at radius 3 is 2.22 bits per heavy atom. The van der Waals surface area contributed by atoms with E-state index in [1.165, 1.54) is 6.07 Å². The quantitative estimate of drug-likeness (QED) is 0.600. The van der Waals surface area contributed by atoms with E-state index >= 15 is 0 Å². The first-order valence-corrected chi connectivity index (χ1v) is 7.43. The van der Waals surface area contributed by atoms with Crippen LogP contribution in [0.25, 0.3) is 22.4 Å². The van der Waals surface area contributed by atoms with E-state index in [0.717, 1.165) is 23.3 Å². The van der Waals surface area contributed by atoms with Crippen molar-refractivity contribution in [3.05, 3.63) is 53.6 Å². The summed E-state index contributed by atoms with van der Waals surface area (Å²) in [6.45, 7) is 5.98. The minimum atomic E-state index is -4.36. The molecular weight excluding hydrogens is 301 g/mol. The fourth-order valence-electron chi connectivity index (χ4n) is 2.70. The summed E-state index contributed by atoms with van der Waals surface area (Å²) in [6.07, 6.45) is -4.36. The molecule has 0 radical (unpaired) electrons. The summed E-state index contributed by atoms with van der Waals surface area (Å²) >= 11 is 0. The van der Waals surface area contributed by atoms with Crippen LogP contribution >= 0.6 is 0 Å². The van der Waals surface area contributed by atoms with Gasteiger partial charge < -0.3 is 4.57 Å². The lowest BCUT2D eigenvalue weighted by atomic mass is 10.1. The fourth-order valence-corrected chi connectivity index (χ4v) is 2.70. The molecule has 0 bridgehead atoms. The van der Waals surface area contributed by atoms with Gasteiger partial charge in [-0.25, -0.2) is 4.98 Å². The number of hydrogen-bond acceptors (Lipinski definition) is 1. The van der Waals surface area contributed by atoms with Crippen molar-refractivity contribution >= 4 is 11.0 Å². The Balaban J connectivity index is 2.25. The second kappa shape index (κ2) is 5.41. The van der Waals surface area contributed by atoms with E-state index in [2.05, 4.69) is 4.98 Å². The predicted octanol–water partition coefficient (Wildman–Crippen LogP) is 5.61. The van der Waals surface area contributed by atoms with Crippen LogP contribution in [0.1, 0.15) is 31.0 Å². The topological polar surface area (TPSA) is 17.8 Å². The Labute approximate surface area is 132 Å². The Morgan fingerprint density at radius 1 is 1.00 bits per heavy atom. The minimum absolute atomic E-state index is 0.0908. The highest BCUT2D eigenvalue weighted by atomic mass is 19.4. The van der Waals surface area contributed by atoms with Crippen molar-refractivity contribution in [3.8, 4) is 11.4 Å². The molecule has 0 atom stereocenters. The van der Waals surface area contributed by atoms with Gasteiger partial charge in [0.1, 0.15) is 5.82 Å². The zero-order chi connectivity index (χ0) is 16.8. The van der Waals surface area contributed by atoms with E-state index < -0.39 is 11.7 Å². The number of aryl methyl sites for hydroxylation is 1. The van der Waals surface area contributed by atoms with Crippen LogP contribution < -0.4 is 0 Å². The Kier molecular flexibility index (Phi) is 3.66. The van der Waals surface area contributed by atoms with Crippen LogP contribution in [0.4, 0.5) is 13.2 Å². The fraction of sp³-hybridized carbons (Fsp3) is 0.278. The number of halogens is 3. The highest BCUT2D eigenvalue weighted by Gasteiger charge is 2.31. The van der Waals surface area contributed by atoms with Gasteiger partial charge in [-0.1, -0.05) is 29.8 Å². The first-order chi connectivity index (χ1) is 10.8. The van der Waals surface area contributed by atoms with Crippen LogP contribution in [-0.2, 0) is 6.18 Å². The van der Waals surface area contributed by atoms with Crippen LogP contribution in [-0.4, -0.2) is 9.55 Å². The predicted molar refractivity (Wildman–Crippen MR) is 85.3 cm³/mol. The van der Waals surface area contributed by atoms with Gasteiger partial charge in [0.2, 0.25) is 0 Å². The number of aromatic nitrogens is 2. The van der Waals surface area contributed by atoms with E-state index in [0.29, 0.717) is 16.9 Å². The SMILES string of the molecule is Cc1ccc(-c2nc3cc(C(F)(F)F)ccc3n2C(C)C)cc1. The molecule has 0 spiro atoms. The molecule has 0 saturated carbocycles. The summed E-state index contributed by atoms with van der Waals surface area (Å²) in [5.41, 5.74) is 2.43. The Hall–Kier alpha value is -2.30. The van der Waals surface area contributed by atoms with Gasteiger partial charge in [0, 0.05) is 11.6 Å². The molecular formula is C18H17F3N2. The zero-order valence-corrected chi connectivity index (χ0v) is 13.1. The molecule has 2 nitrogen and oxygen atoms in total. The van der Waals surface area contributed by atoms with Crippen LogP contribution in [0.3, 0.4) is 0 Å². The number of imidazole rings is 1. The summed E-state index contributed by atoms with van der Waals surface area (Å²) in [6, 6.07) is 11.7.